The molecule has 4 heteroatoms. The van der Waals surface area contributed by atoms with E-state index in [1.165, 1.54) is 0 Å². The van der Waals surface area contributed by atoms with Gasteiger partial charge in [0, 0.05) is 31.9 Å². The van der Waals surface area contributed by atoms with Crippen LogP contribution < -0.4 is 10.6 Å². The van der Waals surface area contributed by atoms with Crippen LogP contribution in [0.5, 0.6) is 0 Å². The van der Waals surface area contributed by atoms with Crippen LogP contribution in [0.15, 0.2) is 30.3 Å². The topological polar surface area (TPSA) is 44.4 Å². The first kappa shape index (κ1) is 10.6. The first-order valence-corrected chi connectivity index (χ1v) is 6.14. The third kappa shape index (κ3) is 2.13. The molecule has 3 rings (SSSR count). The number of rotatable bonds is 1. The zero-order valence-electron chi connectivity index (χ0n) is 9.73. The number of amides is 2. The van der Waals surface area contributed by atoms with E-state index >= 15 is 0 Å². The summed E-state index contributed by atoms with van der Waals surface area (Å²) in [7, 11) is 0. The number of nitrogens with one attached hydrogen (secondary N) is 2. The molecule has 2 atom stereocenters. The highest BCUT2D eigenvalue weighted by atomic mass is 16.2. The van der Waals surface area contributed by atoms with Crippen LogP contribution in [0.3, 0.4) is 0 Å². The predicted octanol–water partition coefficient (Wildman–Crippen LogP) is 1.37. The van der Waals surface area contributed by atoms with Gasteiger partial charge in [-0.25, -0.2) is 4.79 Å². The largest absolute Gasteiger partial charge is 0.324 e. The van der Waals surface area contributed by atoms with Gasteiger partial charge in [0.05, 0.1) is 0 Å². The average molecular weight is 231 g/mol. The zero-order chi connectivity index (χ0) is 11.7. The van der Waals surface area contributed by atoms with Crippen molar-refractivity contribution in [1.29, 1.82) is 0 Å². The Bertz CT molecular complexity index is 394. The molecule has 0 aliphatic carbocycles. The van der Waals surface area contributed by atoms with E-state index in [-0.39, 0.29) is 6.03 Å². The van der Waals surface area contributed by atoms with Crippen LogP contribution in [0.1, 0.15) is 0 Å². The maximum Gasteiger partial charge on any atom is 0.321 e. The summed E-state index contributed by atoms with van der Waals surface area (Å²) in [5.74, 6) is 1.30. The van der Waals surface area contributed by atoms with Gasteiger partial charge >= 0.3 is 6.03 Å². The standard InChI is InChI=1S/C13H17N3O/c17-13(15-12-4-2-1-3-5-12)16-8-10-6-14-7-11(10)9-16/h1-5,10-11,14H,6-9H2,(H,15,17)/t10-,11+. The monoisotopic (exact) mass is 231 g/mol. The highest BCUT2D eigenvalue weighted by Crippen LogP contribution is 2.26. The zero-order valence-corrected chi connectivity index (χ0v) is 9.73. The maximum atomic E-state index is 12.0. The lowest BCUT2D eigenvalue weighted by Crippen LogP contribution is -2.35. The summed E-state index contributed by atoms with van der Waals surface area (Å²) in [5, 5.41) is 6.31. The molecule has 2 aliphatic heterocycles. The molecule has 2 N–H and O–H groups in total. The summed E-state index contributed by atoms with van der Waals surface area (Å²) >= 11 is 0. The second-order valence-corrected chi connectivity index (χ2v) is 4.88. The van der Waals surface area contributed by atoms with Crippen LogP contribution in [0, 0.1) is 11.8 Å². The molecule has 0 aromatic heterocycles. The van der Waals surface area contributed by atoms with Crippen molar-refractivity contribution in [2.24, 2.45) is 11.8 Å². The van der Waals surface area contributed by atoms with Crippen molar-refractivity contribution >= 4 is 11.7 Å². The Morgan fingerprint density at radius 2 is 1.82 bits per heavy atom. The fourth-order valence-corrected chi connectivity index (χ4v) is 2.75. The number of fused-ring (bicyclic) bond motifs is 1. The Hall–Kier alpha value is -1.55. The van der Waals surface area contributed by atoms with E-state index in [0.29, 0.717) is 11.8 Å². The molecule has 4 nitrogen and oxygen atoms in total. The Morgan fingerprint density at radius 3 is 2.47 bits per heavy atom. The number of para-hydroxylation sites is 1. The highest BCUT2D eigenvalue weighted by Gasteiger charge is 2.37. The lowest BCUT2D eigenvalue weighted by molar-refractivity contribution is 0.219. The summed E-state index contributed by atoms with van der Waals surface area (Å²) in [5.41, 5.74) is 0.868. The molecule has 2 amide bonds. The molecule has 17 heavy (non-hydrogen) atoms. The lowest BCUT2D eigenvalue weighted by atomic mass is 10.0. The molecule has 2 aliphatic rings. The third-order valence-electron chi connectivity index (χ3n) is 3.70. The van der Waals surface area contributed by atoms with Gasteiger partial charge in [-0.3, -0.25) is 0 Å². The molecule has 1 aromatic rings. The number of nitrogens with zero attached hydrogens (tertiary/aromatic N) is 1. The van der Waals surface area contributed by atoms with Crippen LogP contribution in [0.25, 0.3) is 0 Å². The van der Waals surface area contributed by atoms with Gasteiger partial charge < -0.3 is 15.5 Å². The van der Waals surface area contributed by atoms with Crippen LogP contribution in [0.4, 0.5) is 10.5 Å². The molecule has 1 aromatic carbocycles. The van der Waals surface area contributed by atoms with Crippen molar-refractivity contribution in [3.05, 3.63) is 30.3 Å². The average Bonchev–Trinajstić information content (AvgIpc) is 2.90. The van der Waals surface area contributed by atoms with Crippen LogP contribution in [0.2, 0.25) is 0 Å². The van der Waals surface area contributed by atoms with Crippen LogP contribution in [-0.4, -0.2) is 37.1 Å². The Labute approximate surface area is 101 Å². The van der Waals surface area contributed by atoms with E-state index in [0.717, 1.165) is 31.9 Å². The van der Waals surface area contributed by atoms with Gasteiger partial charge in [0.2, 0.25) is 0 Å². The molecule has 0 saturated carbocycles. The molecule has 0 unspecified atom stereocenters. The number of carbonyl (C=O) groups excluding carboxylic acids is 1. The SMILES string of the molecule is O=C(Nc1ccccc1)N1C[C@H]2CNC[C@H]2C1. The summed E-state index contributed by atoms with van der Waals surface area (Å²) < 4.78 is 0. The molecule has 2 saturated heterocycles. The molecule has 0 radical (unpaired) electrons. The minimum absolute atomic E-state index is 0.0330. The number of hydrogen-bond donors (Lipinski definition) is 2. The second-order valence-electron chi connectivity index (χ2n) is 4.88. The van der Waals surface area contributed by atoms with Crippen molar-refractivity contribution in [3.63, 3.8) is 0 Å². The summed E-state index contributed by atoms with van der Waals surface area (Å²) in [6.45, 7) is 3.88. The van der Waals surface area contributed by atoms with Gasteiger partial charge in [0.1, 0.15) is 0 Å². The van der Waals surface area contributed by atoms with Crippen molar-refractivity contribution < 1.29 is 4.79 Å². The minimum atomic E-state index is 0.0330. The molecule has 0 bridgehead atoms. The Morgan fingerprint density at radius 1 is 1.18 bits per heavy atom. The molecule has 2 fully saturated rings. The van der Waals surface area contributed by atoms with E-state index in [9.17, 15) is 4.79 Å². The molecule has 2 heterocycles. The lowest BCUT2D eigenvalue weighted by Gasteiger charge is -2.18. The summed E-state index contributed by atoms with van der Waals surface area (Å²) in [4.78, 5) is 14.0. The number of carbonyl (C=O) groups is 1. The maximum absolute atomic E-state index is 12.0. The molecule has 0 spiro atoms. The fraction of sp³-hybridized carbons (Fsp3) is 0.462. The van der Waals surface area contributed by atoms with Crippen molar-refractivity contribution in [2.45, 2.75) is 0 Å². The van der Waals surface area contributed by atoms with E-state index in [1.54, 1.807) is 0 Å². The number of hydrogen-bond acceptors (Lipinski definition) is 2. The van der Waals surface area contributed by atoms with Crippen molar-refractivity contribution in [2.75, 3.05) is 31.5 Å². The number of urea groups is 1. The third-order valence-corrected chi connectivity index (χ3v) is 3.70. The molecular formula is C13H17N3O. The quantitative estimate of drug-likeness (QED) is 0.766. The number of benzene rings is 1. The van der Waals surface area contributed by atoms with Crippen LogP contribution >= 0.6 is 0 Å². The van der Waals surface area contributed by atoms with E-state index < -0.39 is 0 Å². The Balaban J connectivity index is 1.61. The van der Waals surface area contributed by atoms with Gasteiger partial charge in [-0.2, -0.15) is 0 Å². The first-order valence-electron chi connectivity index (χ1n) is 6.14. The number of likely N-dealkylation sites (tertiary alicyclic amines) is 1. The Kier molecular flexibility index (Phi) is 2.73. The van der Waals surface area contributed by atoms with E-state index in [4.69, 9.17) is 0 Å². The van der Waals surface area contributed by atoms with Gasteiger partial charge in [-0.05, 0) is 24.0 Å². The number of anilines is 1. The fourth-order valence-electron chi connectivity index (χ4n) is 2.75. The first-order chi connectivity index (χ1) is 8.33. The van der Waals surface area contributed by atoms with Crippen molar-refractivity contribution in [1.82, 2.24) is 10.2 Å². The van der Waals surface area contributed by atoms with Gasteiger partial charge in [-0.15, -0.1) is 0 Å². The minimum Gasteiger partial charge on any atom is -0.324 e. The highest BCUT2D eigenvalue weighted by molar-refractivity contribution is 5.89. The molecule has 90 valence electrons. The predicted molar refractivity (Wildman–Crippen MR) is 66.9 cm³/mol. The van der Waals surface area contributed by atoms with Crippen LogP contribution in [-0.2, 0) is 0 Å². The molecular weight excluding hydrogens is 214 g/mol. The van der Waals surface area contributed by atoms with E-state index in [1.807, 2.05) is 35.2 Å². The summed E-state index contributed by atoms with van der Waals surface area (Å²) in [6, 6.07) is 9.66. The van der Waals surface area contributed by atoms with Gasteiger partial charge in [0.25, 0.3) is 0 Å². The second kappa shape index (κ2) is 4.37. The van der Waals surface area contributed by atoms with Gasteiger partial charge in [-0.1, -0.05) is 18.2 Å². The normalized spacial score (nSPS) is 26.9. The van der Waals surface area contributed by atoms with Gasteiger partial charge in [0.15, 0.2) is 0 Å². The summed E-state index contributed by atoms with van der Waals surface area (Å²) in [6.07, 6.45) is 0. The van der Waals surface area contributed by atoms with E-state index in [2.05, 4.69) is 10.6 Å². The smallest absolute Gasteiger partial charge is 0.321 e. The van der Waals surface area contributed by atoms with Crippen molar-refractivity contribution in [3.8, 4) is 0 Å².